The zero-order chi connectivity index (χ0) is 32.7. The van der Waals surface area contributed by atoms with Crippen molar-refractivity contribution in [3.8, 4) is 28.3 Å². The third-order valence-corrected chi connectivity index (χ3v) is 8.93. The molecule has 1 saturated heterocycles. The van der Waals surface area contributed by atoms with E-state index in [-0.39, 0.29) is 28.9 Å². The molecule has 46 heavy (non-hydrogen) atoms. The molecule has 2 aliphatic rings. The van der Waals surface area contributed by atoms with Crippen LogP contribution in [-0.2, 0) is 25.3 Å². The van der Waals surface area contributed by atoms with Gasteiger partial charge in [-0.25, -0.2) is 14.2 Å². The fourth-order valence-corrected chi connectivity index (χ4v) is 6.44. The summed E-state index contributed by atoms with van der Waals surface area (Å²) in [6, 6.07) is 12.2. The van der Waals surface area contributed by atoms with Gasteiger partial charge in [-0.1, -0.05) is 30.3 Å². The maximum Gasteiger partial charge on any atom is 0.330 e. The molecule has 0 saturated carbocycles. The lowest BCUT2D eigenvalue weighted by molar-refractivity contribution is -0.0304. The number of nitrogens with zero attached hydrogens (tertiary/aromatic N) is 3. The summed E-state index contributed by atoms with van der Waals surface area (Å²) in [5.41, 5.74) is 3.50. The molecule has 3 N–H and O–H groups in total. The van der Waals surface area contributed by atoms with Gasteiger partial charge in [-0.05, 0) is 55.0 Å². The number of hydrogen-bond donors (Lipinski definition) is 3. The van der Waals surface area contributed by atoms with Crippen LogP contribution in [-0.4, -0.2) is 57.6 Å². The van der Waals surface area contributed by atoms with Crippen LogP contribution >= 0.6 is 0 Å². The Labute approximate surface area is 264 Å². The number of rotatable bonds is 7. The Bertz CT molecular complexity index is 1950. The Morgan fingerprint density at radius 1 is 1.11 bits per heavy atom. The van der Waals surface area contributed by atoms with Crippen molar-refractivity contribution in [2.75, 3.05) is 25.6 Å². The van der Waals surface area contributed by atoms with Crippen molar-refractivity contribution in [2.24, 2.45) is 14.1 Å². The molecule has 11 nitrogen and oxygen atoms in total. The largest absolute Gasteiger partial charge is 0.481 e. The number of carbonyl (C=O) groups excluding carboxylic acids is 1. The lowest BCUT2D eigenvalue weighted by atomic mass is 9.93. The first-order valence-corrected chi connectivity index (χ1v) is 15.2. The number of halogens is 1. The SMILES string of the molecule is COc1nc(-c2cccc(-c3cccc(NC(=O)c4cn(C)c(=O)n(C)c4=O)c3F)c2C)cc2c1[C@H](N[C@@H]1CCOC[C@@H]1O)CC2. The van der Waals surface area contributed by atoms with Gasteiger partial charge in [0.15, 0.2) is 5.82 Å². The Hall–Kier alpha value is -4.65. The third kappa shape index (κ3) is 5.63. The van der Waals surface area contributed by atoms with Gasteiger partial charge in [0.1, 0.15) is 5.56 Å². The highest BCUT2D eigenvalue weighted by atomic mass is 19.1. The highest BCUT2D eigenvalue weighted by Crippen LogP contribution is 2.41. The molecule has 1 amide bonds. The van der Waals surface area contributed by atoms with E-state index in [2.05, 4.69) is 10.6 Å². The first-order chi connectivity index (χ1) is 22.1. The van der Waals surface area contributed by atoms with Crippen LogP contribution in [0.15, 0.2) is 58.3 Å². The minimum absolute atomic E-state index is 0.00955. The van der Waals surface area contributed by atoms with Crippen LogP contribution in [0, 0.1) is 12.7 Å². The number of aryl methyl sites for hydroxylation is 2. The molecule has 2 aromatic carbocycles. The molecule has 1 aliphatic carbocycles. The summed E-state index contributed by atoms with van der Waals surface area (Å²) in [6.07, 6.45) is 2.94. The van der Waals surface area contributed by atoms with E-state index >= 15 is 4.39 Å². The minimum Gasteiger partial charge on any atom is -0.481 e. The number of pyridine rings is 1. The summed E-state index contributed by atoms with van der Waals surface area (Å²) >= 11 is 0. The number of ether oxygens (including phenoxy) is 2. The van der Waals surface area contributed by atoms with E-state index in [4.69, 9.17) is 14.5 Å². The van der Waals surface area contributed by atoms with Crippen molar-refractivity contribution in [3.63, 3.8) is 0 Å². The van der Waals surface area contributed by atoms with E-state index < -0.39 is 29.1 Å². The average Bonchev–Trinajstić information content (AvgIpc) is 3.46. The number of nitrogens with one attached hydrogen (secondary N) is 2. The van der Waals surface area contributed by atoms with E-state index in [0.717, 1.165) is 56.8 Å². The lowest BCUT2D eigenvalue weighted by Gasteiger charge is -2.31. The van der Waals surface area contributed by atoms with Gasteiger partial charge < -0.3 is 29.8 Å². The molecule has 0 unspecified atom stereocenters. The Kier molecular flexibility index (Phi) is 8.60. The number of carbonyl (C=O) groups is 1. The van der Waals surface area contributed by atoms with Gasteiger partial charge in [0.05, 0.1) is 31.2 Å². The highest BCUT2D eigenvalue weighted by Gasteiger charge is 2.33. The summed E-state index contributed by atoms with van der Waals surface area (Å²) in [4.78, 5) is 42.5. The Balaban J connectivity index is 1.31. The van der Waals surface area contributed by atoms with Crippen molar-refractivity contribution in [2.45, 2.75) is 44.4 Å². The van der Waals surface area contributed by atoms with Gasteiger partial charge in [-0.15, -0.1) is 0 Å². The molecule has 3 atom stereocenters. The average molecular weight is 630 g/mol. The summed E-state index contributed by atoms with van der Waals surface area (Å²) in [5, 5.41) is 16.5. The number of aliphatic hydroxyl groups excluding tert-OH is 1. The lowest BCUT2D eigenvalue weighted by Crippen LogP contribution is -2.47. The number of methoxy groups -OCH3 is 1. The van der Waals surface area contributed by atoms with Crippen molar-refractivity contribution < 1.29 is 23.8 Å². The number of aromatic nitrogens is 3. The van der Waals surface area contributed by atoms with Crippen molar-refractivity contribution in [1.82, 2.24) is 19.4 Å². The van der Waals surface area contributed by atoms with Crippen molar-refractivity contribution in [3.05, 3.63) is 97.6 Å². The summed E-state index contributed by atoms with van der Waals surface area (Å²) < 4.78 is 29.1. The zero-order valence-electron chi connectivity index (χ0n) is 26.1. The number of amides is 1. The predicted octanol–water partition coefficient (Wildman–Crippen LogP) is 3.25. The van der Waals surface area contributed by atoms with Gasteiger partial charge in [-0.3, -0.25) is 14.2 Å². The first-order valence-electron chi connectivity index (χ1n) is 15.2. The quantitative estimate of drug-likeness (QED) is 0.284. The monoisotopic (exact) mass is 629 g/mol. The molecule has 0 radical (unpaired) electrons. The molecule has 2 aromatic heterocycles. The van der Waals surface area contributed by atoms with Gasteiger partial charge in [-0.2, -0.15) is 0 Å². The second kappa shape index (κ2) is 12.6. The molecule has 4 aromatic rings. The van der Waals surface area contributed by atoms with Crippen molar-refractivity contribution >= 4 is 11.6 Å². The summed E-state index contributed by atoms with van der Waals surface area (Å²) in [6.45, 7) is 2.80. The number of aliphatic hydroxyl groups is 1. The Morgan fingerprint density at radius 2 is 1.85 bits per heavy atom. The summed E-state index contributed by atoms with van der Waals surface area (Å²) in [7, 11) is 4.29. The molecule has 6 rings (SSSR count). The molecule has 0 spiro atoms. The predicted molar refractivity (Wildman–Crippen MR) is 171 cm³/mol. The topological polar surface area (TPSA) is 137 Å². The smallest absolute Gasteiger partial charge is 0.330 e. The fourth-order valence-electron chi connectivity index (χ4n) is 6.44. The highest BCUT2D eigenvalue weighted by molar-refractivity contribution is 6.04. The van der Waals surface area contributed by atoms with E-state index in [1.54, 1.807) is 25.3 Å². The standard InChI is InChI=1S/C34H36FN5O6/c1-18-20(22-9-6-10-26(30(22)35)37-31(42)23-16-39(2)34(44)40(3)33(23)43)7-5-8-21(18)27-15-19-11-12-25(29(19)32(38-27)45-4)36-24-13-14-46-17-28(24)41/h5-10,15-16,24-25,28,36,41H,11-14,17H2,1-4H3,(H,37,42)/t24-,25-,28+/m1/s1. The molecule has 1 fully saturated rings. The first kappa shape index (κ1) is 31.3. The van der Waals surface area contributed by atoms with Crippen LogP contribution in [0.1, 0.15) is 45.9 Å². The fraction of sp³-hybridized carbons (Fsp3) is 0.353. The second-order valence-electron chi connectivity index (χ2n) is 11.8. The maximum atomic E-state index is 16.0. The van der Waals surface area contributed by atoms with E-state index in [1.165, 1.54) is 20.2 Å². The number of benzene rings is 2. The zero-order valence-corrected chi connectivity index (χ0v) is 26.1. The van der Waals surface area contributed by atoms with Crippen molar-refractivity contribution in [1.29, 1.82) is 0 Å². The number of fused-ring (bicyclic) bond motifs is 1. The Morgan fingerprint density at radius 3 is 2.61 bits per heavy atom. The van der Waals surface area contributed by atoms with Crippen LogP contribution in [0.4, 0.5) is 10.1 Å². The van der Waals surface area contributed by atoms with Gasteiger partial charge >= 0.3 is 5.69 Å². The van der Waals surface area contributed by atoms with Crippen LogP contribution in [0.5, 0.6) is 5.88 Å². The van der Waals surface area contributed by atoms with Gasteiger partial charge in [0.2, 0.25) is 5.88 Å². The third-order valence-electron chi connectivity index (χ3n) is 8.93. The van der Waals surface area contributed by atoms with Gasteiger partial charge in [0.25, 0.3) is 11.5 Å². The second-order valence-corrected chi connectivity index (χ2v) is 11.8. The molecule has 1 aliphatic heterocycles. The van der Waals surface area contributed by atoms with E-state index in [0.29, 0.717) is 30.4 Å². The van der Waals surface area contributed by atoms with Crippen LogP contribution in [0.3, 0.4) is 0 Å². The molecular formula is C34H36FN5O6. The minimum atomic E-state index is -0.828. The molecule has 12 heteroatoms. The normalized spacial score (nSPS) is 19.1. The molecule has 240 valence electrons. The van der Waals surface area contributed by atoms with Gasteiger partial charge in [0, 0.05) is 55.7 Å². The van der Waals surface area contributed by atoms with Crippen LogP contribution in [0.25, 0.3) is 22.4 Å². The number of hydrogen-bond acceptors (Lipinski definition) is 8. The molecule has 0 bridgehead atoms. The van der Waals surface area contributed by atoms with Crippen LogP contribution < -0.4 is 26.6 Å². The molecular weight excluding hydrogens is 593 g/mol. The van der Waals surface area contributed by atoms with E-state index in [9.17, 15) is 19.5 Å². The molecule has 3 heterocycles. The number of anilines is 1. The van der Waals surface area contributed by atoms with Crippen LogP contribution in [0.2, 0.25) is 0 Å². The summed E-state index contributed by atoms with van der Waals surface area (Å²) in [5.74, 6) is -0.984. The maximum absolute atomic E-state index is 16.0. The van der Waals surface area contributed by atoms with E-state index in [1.807, 2.05) is 25.1 Å².